The van der Waals surface area contributed by atoms with Gasteiger partial charge in [0.2, 0.25) is 0 Å². The predicted octanol–water partition coefficient (Wildman–Crippen LogP) is 4.83. The van der Waals surface area contributed by atoms with E-state index < -0.39 is 28.7 Å². The van der Waals surface area contributed by atoms with Gasteiger partial charge >= 0.3 is 6.18 Å². The molecule has 2 aromatic carbocycles. The van der Waals surface area contributed by atoms with Crippen molar-refractivity contribution in [2.24, 2.45) is 0 Å². The Morgan fingerprint density at radius 2 is 1.98 bits per heavy atom. The summed E-state index contributed by atoms with van der Waals surface area (Å²) in [5.74, 6) is 0.350. The second-order valence-corrected chi connectivity index (χ2v) is 13.6. The zero-order valence-electron chi connectivity index (χ0n) is 23.3. The van der Waals surface area contributed by atoms with Gasteiger partial charge in [0.1, 0.15) is 17.3 Å². The minimum absolute atomic E-state index is 0.127. The van der Waals surface area contributed by atoms with Crippen molar-refractivity contribution in [2.45, 2.75) is 42.7 Å². The van der Waals surface area contributed by atoms with Crippen molar-refractivity contribution < 1.29 is 31.4 Å². The zero-order chi connectivity index (χ0) is 30.2. The first kappa shape index (κ1) is 30.1. The Balaban J connectivity index is 1.44. The van der Waals surface area contributed by atoms with Gasteiger partial charge in [-0.05, 0) is 50.3 Å². The van der Waals surface area contributed by atoms with Crippen LogP contribution in [0.15, 0.2) is 53.6 Å². The molecule has 0 amide bonds. The average Bonchev–Trinajstić information content (AvgIpc) is 3.53. The molecule has 1 saturated heterocycles. The molecule has 5 rings (SSSR count). The summed E-state index contributed by atoms with van der Waals surface area (Å²) in [5.41, 5.74) is 1.98. The van der Waals surface area contributed by atoms with Crippen LogP contribution in [0.3, 0.4) is 0 Å². The van der Waals surface area contributed by atoms with E-state index in [1.54, 1.807) is 30.5 Å². The number of sulfone groups is 1. The molecule has 42 heavy (non-hydrogen) atoms. The molecule has 0 bridgehead atoms. The highest BCUT2D eigenvalue weighted by atomic mass is 32.2. The van der Waals surface area contributed by atoms with Crippen molar-refractivity contribution in [3.05, 3.63) is 53.5 Å². The molecule has 4 aromatic rings. The van der Waals surface area contributed by atoms with Crippen molar-refractivity contribution >= 4 is 43.5 Å². The number of aliphatic hydroxyl groups is 1. The van der Waals surface area contributed by atoms with Crippen LogP contribution in [0.5, 0.6) is 5.75 Å². The zero-order valence-corrected chi connectivity index (χ0v) is 24.9. The first-order valence-corrected chi connectivity index (χ1v) is 15.9. The maximum Gasteiger partial charge on any atom is 0.406 e. The van der Waals surface area contributed by atoms with Crippen molar-refractivity contribution in [3.63, 3.8) is 0 Å². The summed E-state index contributed by atoms with van der Waals surface area (Å²) >= 11 is 1.26. The Morgan fingerprint density at radius 3 is 2.67 bits per heavy atom. The highest BCUT2D eigenvalue weighted by Crippen LogP contribution is 2.37. The number of likely N-dealkylation sites (tertiary alicyclic amines) is 1. The number of benzene rings is 2. The topological polar surface area (TPSA) is 109 Å². The van der Waals surface area contributed by atoms with E-state index in [-0.39, 0.29) is 10.9 Å². The van der Waals surface area contributed by atoms with E-state index in [4.69, 9.17) is 4.74 Å². The van der Waals surface area contributed by atoms with E-state index in [9.17, 15) is 26.7 Å². The molecule has 14 heteroatoms. The van der Waals surface area contributed by atoms with Gasteiger partial charge in [-0.1, -0.05) is 6.07 Å². The number of likely N-dealkylation sites (N-methyl/N-ethyl adjacent to an activating group) is 1. The fourth-order valence-electron chi connectivity index (χ4n) is 5.13. The van der Waals surface area contributed by atoms with Gasteiger partial charge in [0.15, 0.2) is 9.84 Å². The monoisotopic (exact) mass is 623 g/mol. The number of ether oxygens (including phenoxy) is 1. The summed E-state index contributed by atoms with van der Waals surface area (Å²) in [7, 11) is -0.0335. The van der Waals surface area contributed by atoms with E-state index in [0.29, 0.717) is 58.2 Å². The van der Waals surface area contributed by atoms with Gasteiger partial charge in [-0.25, -0.2) is 13.4 Å². The molecule has 3 N–H and O–H groups in total. The van der Waals surface area contributed by atoms with Gasteiger partial charge < -0.3 is 29.9 Å². The molecular formula is C28H32F3N5O4S2. The fraction of sp³-hybridized carbons (Fsp3) is 0.393. The third-order valence-corrected chi connectivity index (χ3v) is 9.37. The van der Waals surface area contributed by atoms with Crippen molar-refractivity contribution in [3.8, 4) is 16.5 Å². The summed E-state index contributed by atoms with van der Waals surface area (Å²) in [4.78, 5) is 7.38. The second kappa shape index (κ2) is 11.7. The van der Waals surface area contributed by atoms with E-state index in [0.717, 1.165) is 17.7 Å². The van der Waals surface area contributed by atoms with Gasteiger partial charge in [0.25, 0.3) is 0 Å². The van der Waals surface area contributed by atoms with Crippen molar-refractivity contribution in [2.75, 3.05) is 44.1 Å². The molecule has 1 fully saturated rings. The van der Waals surface area contributed by atoms with Crippen LogP contribution < -0.4 is 15.4 Å². The number of nitrogens with one attached hydrogen (secondary N) is 2. The fourth-order valence-corrected chi connectivity index (χ4v) is 6.65. The van der Waals surface area contributed by atoms with Crippen LogP contribution in [0.4, 0.5) is 24.5 Å². The molecule has 1 aliphatic rings. The van der Waals surface area contributed by atoms with Crippen LogP contribution in [0.1, 0.15) is 11.3 Å². The lowest BCUT2D eigenvalue weighted by Crippen LogP contribution is -2.48. The summed E-state index contributed by atoms with van der Waals surface area (Å²) in [6.07, 6.45) is -1.64. The largest absolute Gasteiger partial charge is 0.495 e. The molecular weight excluding hydrogens is 591 g/mol. The van der Waals surface area contributed by atoms with Gasteiger partial charge in [-0.3, -0.25) is 0 Å². The highest BCUT2D eigenvalue weighted by Gasteiger charge is 2.32. The number of thiazole rings is 1. The van der Waals surface area contributed by atoms with Crippen LogP contribution in [0, 0.1) is 0 Å². The number of anilines is 2. The van der Waals surface area contributed by atoms with Gasteiger partial charge in [-0.15, -0.1) is 11.3 Å². The molecule has 2 aromatic heterocycles. The molecule has 0 spiro atoms. The molecule has 3 heterocycles. The number of methoxy groups -OCH3 is 1. The molecule has 226 valence electrons. The Bertz CT molecular complexity index is 1690. The number of nitrogens with zero attached hydrogens (tertiary/aromatic N) is 3. The molecule has 9 nitrogen and oxygen atoms in total. The molecule has 2 atom stereocenters. The number of piperidine rings is 1. The van der Waals surface area contributed by atoms with Crippen molar-refractivity contribution in [1.29, 1.82) is 0 Å². The predicted molar refractivity (Wildman–Crippen MR) is 158 cm³/mol. The van der Waals surface area contributed by atoms with Crippen LogP contribution in [-0.2, 0) is 22.9 Å². The number of aromatic nitrogens is 2. The summed E-state index contributed by atoms with van der Waals surface area (Å²) in [5, 5.41) is 18.2. The highest BCUT2D eigenvalue weighted by molar-refractivity contribution is 7.90. The average molecular weight is 624 g/mol. The van der Waals surface area contributed by atoms with Gasteiger partial charge in [-0.2, -0.15) is 13.2 Å². The summed E-state index contributed by atoms with van der Waals surface area (Å²) < 4.78 is 71.6. The number of β-amino-alcohol motifs (C(OH)–C–C–N with tert-alkyl or cyclic N) is 1. The maximum absolute atomic E-state index is 13.7. The first-order chi connectivity index (χ1) is 19.8. The van der Waals surface area contributed by atoms with E-state index >= 15 is 0 Å². The van der Waals surface area contributed by atoms with Crippen molar-refractivity contribution in [1.82, 2.24) is 14.5 Å². The number of alkyl halides is 3. The number of hydrogen-bond acceptors (Lipinski definition) is 9. The third kappa shape index (κ3) is 6.66. The smallest absolute Gasteiger partial charge is 0.406 e. The normalized spacial score (nSPS) is 18.4. The lowest BCUT2D eigenvalue weighted by molar-refractivity contribution is -0.139. The molecule has 0 unspecified atom stereocenters. The lowest BCUT2D eigenvalue weighted by atomic mass is 10.0. The van der Waals surface area contributed by atoms with Gasteiger partial charge in [0.05, 0.1) is 47.6 Å². The molecule has 0 radical (unpaired) electrons. The van der Waals surface area contributed by atoms with Crippen LogP contribution in [0.25, 0.3) is 21.6 Å². The van der Waals surface area contributed by atoms with Crippen LogP contribution in [0.2, 0.25) is 0 Å². The quantitative estimate of drug-likeness (QED) is 0.244. The van der Waals surface area contributed by atoms with E-state index in [1.165, 1.54) is 35.1 Å². The Labute approximate surface area is 245 Å². The minimum atomic E-state index is -4.45. The van der Waals surface area contributed by atoms with E-state index in [2.05, 4.69) is 15.6 Å². The number of aliphatic hydroxyl groups excluding tert-OH is 1. The SMILES string of the molecule is COc1cc(S(C)(=O)=O)ccc1NCc1cnc(-c2cc3c(N[C@@H]4CCN(C)C[C@@H]4O)cccc3n2CC(F)(F)F)s1. The van der Waals surface area contributed by atoms with Crippen LogP contribution >= 0.6 is 11.3 Å². The standard InChI is InChI=1S/C28H32F3N5O4S2/c1-35-10-9-21(25(37)15-35)34-20-5-4-6-23-19(20)12-24(36(23)16-28(29,30)31)27-33-14-17(41-27)13-32-22-8-7-18(42(3,38)39)11-26(22)40-2/h4-8,11-12,14,21,25,32,34,37H,9-10,13,15-16H2,1-3H3/t21-,25+/m1/s1. The van der Waals surface area contributed by atoms with E-state index in [1.807, 2.05) is 18.0 Å². The Hall–Kier alpha value is -3.33. The Morgan fingerprint density at radius 1 is 1.19 bits per heavy atom. The lowest BCUT2D eigenvalue weighted by Gasteiger charge is -2.34. The summed E-state index contributed by atoms with van der Waals surface area (Å²) in [6.45, 7) is 0.433. The molecule has 0 aliphatic carbocycles. The number of hydrogen-bond donors (Lipinski definition) is 3. The first-order valence-electron chi connectivity index (χ1n) is 13.2. The maximum atomic E-state index is 13.7. The van der Waals surface area contributed by atoms with Crippen LogP contribution in [-0.4, -0.2) is 79.8 Å². The Kier molecular flexibility index (Phi) is 8.43. The summed E-state index contributed by atoms with van der Waals surface area (Å²) in [6, 6.07) is 11.2. The second-order valence-electron chi connectivity index (χ2n) is 10.5. The molecule has 1 aliphatic heterocycles. The minimum Gasteiger partial charge on any atom is -0.495 e. The number of fused-ring (bicyclic) bond motifs is 1. The van der Waals surface area contributed by atoms with Gasteiger partial charge in [0, 0.05) is 41.0 Å². The third-order valence-electron chi connectivity index (χ3n) is 7.24. The molecule has 0 saturated carbocycles. The number of halogens is 3. The number of rotatable bonds is 9.